The Hall–Kier alpha value is -3.04. The van der Waals surface area contributed by atoms with Crippen molar-refractivity contribution in [2.45, 2.75) is 10.1 Å². The zero-order chi connectivity index (χ0) is 20.1. The van der Waals surface area contributed by atoms with E-state index in [2.05, 4.69) is 20.5 Å². The number of nitrogens with one attached hydrogen (secondary N) is 1. The van der Waals surface area contributed by atoms with E-state index in [1.54, 1.807) is 32.2 Å². The summed E-state index contributed by atoms with van der Waals surface area (Å²) in [6.07, 6.45) is 1.67. The molecule has 0 aliphatic carbocycles. The third-order valence-electron chi connectivity index (χ3n) is 3.98. The number of rotatable bonds is 8. The number of ether oxygens (including phenoxy) is 2. The van der Waals surface area contributed by atoms with Crippen LogP contribution in [0.1, 0.15) is 5.69 Å². The molecule has 0 bridgehead atoms. The Labute approximate surface area is 176 Å². The molecular weight excluding hydrogens is 408 g/mol. The van der Waals surface area contributed by atoms with Crippen LogP contribution in [0, 0.1) is 0 Å². The Morgan fingerprint density at radius 2 is 1.66 bits per heavy atom. The van der Waals surface area contributed by atoms with E-state index >= 15 is 0 Å². The maximum atomic E-state index is 5.60. The first-order valence-corrected chi connectivity index (χ1v) is 10.5. The number of benzene rings is 2. The van der Waals surface area contributed by atoms with E-state index in [9.17, 15) is 0 Å². The van der Waals surface area contributed by atoms with Gasteiger partial charge in [-0.15, -0.1) is 10.2 Å². The fourth-order valence-electron chi connectivity index (χ4n) is 2.49. The van der Waals surface area contributed by atoms with Crippen LogP contribution in [-0.4, -0.2) is 29.4 Å². The molecule has 2 aromatic carbocycles. The second-order valence-electron chi connectivity index (χ2n) is 5.89. The molecule has 2 aromatic heterocycles. The minimum atomic E-state index is 0.586. The summed E-state index contributed by atoms with van der Waals surface area (Å²) in [4.78, 5) is 4.54. The Morgan fingerprint density at radius 3 is 2.34 bits per heavy atom. The van der Waals surface area contributed by atoms with Crippen molar-refractivity contribution in [3.05, 3.63) is 60.5 Å². The molecule has 0 unspecified atom stereocenters. The third kappa shape index (κ3) is 4.87. The van der Waals surface area contributed by atoms with Crippen LogP contribution in [0.5, 0.6) is 11.5 Å². The van der Waals surface area contributed by atoms with Crippen LogP contribution < -0.4 is 14.8 Å². The predicted octanol–water partition coefficient (Wildman–Crippen LogP) is 5.25. The first-order valence-electron chi connectivity index (χ1n) is 8.70. The molecule has 0 aliphatic rings. The Kier molecular flexibility index (Phi) is 5.97. The van der Waals surface area contributed by atoms with Crippen LogP contribution in [-0.2, 0) is 5.75 Å². The molecule has 0 spiro atoms. The molecule has 9 heteroatoms. The second kappa shape index (κ2) is 8.97. The quantitative estimate of drug-likeness (QED) is 0.383. The number of aromatic nitrogens is 3. The molecule has 29 heavy (non-hydrogen) atoms. The van der Waals surface area contributed by atoms with Crippen LogP contribution in [0.15, 0.2) is 63.6 Å². The normalized spacial score (nSPS) is 10.7. The number of oxazole rings is 1. The number of hydrogen-bond acceptors (Lipinski definition) is 9. The van der Waals surface area contributed by atoms with Gasteiger partial charge in [-0.1, -0.05) is 23.1 Å². The van der Waals surface area contributed by atoms with Crippen molar-refractivity contribution in [3.63, 3.8) is 0 Å². The molecule has 148 valence electrons. The average Bonchev–Trinajstić information content (AvgIpc) is 3.42. The summed E-state index contributed by atoms with van der Waals surface area (Å²) in [6, 6.07) is 15.3. The lowest BCUT2D eigenvalue weighted by Crippen LogP contribution is -1.89. The average molecular weight is 427 g/mol. The first-order chi connectivity index (χ1) is 14.2. The van der Waals surface area contributed by atoms with Gasteiger partial charge in [-0.05, 0) is 48.5 Å². The molecule has 0 atom stereocenters. The zero-order valence-corrected chi connectivity index (χ0v) is 17.4. The van der Waals surface area contributed by atoms with E-state index in [1.165, 1.54) is 11.3 Å². The molecule has 4 aromatic rings. The van der Waals surface area contributed by atoms with E-state index < -0.39 is 0 Å². The highest BCUT2D eigenvalue weighted by Crippen LogP contribution is 2.31. The van der Waals surface area contributed by atoms with Crippen molar-refractivity contribution in [2.24, 2.45) is 0 Å². The van der Waals surface area contributed by atoms with Crippen molar-refractivity contribution >= 4 is 33.9 Å². The lowest BCUT2D eigenvalue weighted by Gasteiger charge is -2.03. The number of nitrogens with zero attached hydrogens (tertiary/aromatic N) is 3. The zero-order valence-electron chi connectivity index (χ0n) is 15.8. The highest BCUT2D eigenvalue weighted by Gasteiger charge is 2.10. The van der Waals surface area contributed by atoms with Crippen molar-refractivity contribution in [1.82, 2.24) is 15.2 Å². The summed E-state index contributed by atoms with van der Waals surface area (Å²) in [6.45, 7) is 0. The molecule has 0 saturated heterocycles. The summed E-state index contributed by atoms with van der Waals surface area (Å²) >= 11 is 3.06. The Morgan fingerprint density at radius 1 is 0.966 bits per heavy atom. The third-order valence-corrected chi connectivity index (χ3v) is 5.99. The Balaban J connectivity index is 1.34. The van der Waals surface area contributed by atoms with Crippen molar-refractivity contribution in [3.8, 4) is 23.0 Å². The fraction of sp³-hybridized carbons (Fsp3) is 0.150. The van der Waals surface area contributed by atoms with E-state index in [0.717, 1.165) is 37.9 Å². The molecule has 0 fully saturated rings. The van der Waals surface area contributed by atoms with Crippen LogP contribution in [0.3, 0.4) is 0 Å². The van der Waals surface area contributed by atoms with Crippen molar-refractivity contribution < 1.29 is 13.9 Å². The summed E-state index contributed by atoms with van der Waals surface area (Å²) in [7, 11) is 3.28. The van der Waals surface area contributed by atoms with E-state index in [-0.39, 0.29) is 0 Å². The molecule has 7 nitrogen and oxygen atoms in total. The molecule has 1 N–H and O–H groups in total. The summed E-state index contributed by atoms with van der Waals surface area (Å²) in [5, 5.41) is 12.4. The van der Waals surface area contributed by atoms with Crippen LogP contribution in [0.25, 0.3) is 11.5 Å². The standard InChI is InChI=1S/C20H18N4O3S2/c1-25-16-7-3-13(4-8-16)18-21-15(11-27-18)12-28-20-24-23-19(29-20)22-14-5-9-17(26-2)10-6-14/h3-11H,12H2,1-2H3,(H,22,23). The lowest BCUT2D eigenvalue weighted by atomic mass is 10.2. The van der Waals surface area contributed by atoms with Gasteiger partial charge in [-0.25, -0.2) is 4.98 Å². The van der Waals surface area contributed by atoms with Gasteiger partial charge >= 0.3 is 0 Å². The lowest BCUT2D eigenvalue weighted by molar-refractivity contribution is 0.414. The molecule has 0 saturated carbocycles. The summed E-state index contributed by atoms with van der Waals surface area (Å²) < 4.78 is 16.8. The van der Waals surface area contributed by atoms with E-state index in [0.29, 0.717) is 11.6 Å². The maximum Gasteiger partial charge on any atom is 0.226 e. The van der Waals surface area contributed by atoms with Gasteiger partial charge in [-0.2, -0.15) is 0 Å². The number of hydrogen-bond donors (Lipinski definition) is 1. The van der Waals surface area contributed by atoms with Gasteiger partial charge in [0.1, 0.15) is 17.8 Å². The highest BCUT2D eigenvalue weighted by atomic mass is 32.2. The number of thioether (sulfide) groups is 1. The maximum absolute atomic E-state index is 5.60. The second-order valence-corrected chi connectivity index (χ2v) is 8.09. The van der Waals surface area contributed by atoms with Gasteiger partial charge in [0, 0.05) is 17.0 Å². The SMILES string of the molecule is COc1ccc(Nc2nnc(SCc3coc(-c4ccc(OC)cc4)n3)s2)cc1. The summed E-state index contributed by atoms with van der Waals surface area (Å²) in [5.41, 5.74) is 2.68. The minimum Gasteiger partial charge on any atom is -0.497 e. The van der Waals surface area contributed by atoms with E-state index in [1.807, 2.05) is 48.5 Å². The van der Waals surface area contributed by atoms with E-state index in [4.69, 9.17) is 13.9 Å². The number of methoxy groups -OCH3 is 2. The largest absolute Gasteiger partial charge is 0.497 e. The molecule has 0 amide bonds. The van der Waals surface area contributed by atoms with Crippen LogP contribution in [0.4, 0.5) is 10.8 Å². The molecule has 4 rings (SSSR count). The molecular formula is C20H18N4O3S2. The number of anilines is 2. The van der Waals surface area contributed by atoms with Gasteiger partial charge in [0.15, 0.2) is 4.34 Å². The molecule has 2 heterocycles. The van der Waals surface area contributed by atoms with Crippen LogP contribution >= 0.6 is 23.1 Å². The Bertz CT molecular complexity index is 1060. The topological polar surface area (TPSA) is 82.3 Å². The highest BCUT2D eigenvalue weighted by molar-refractivity contribution is 8.00. The van der Waals surface area contributed by atoms with Gasteiger partial charge in [0.25, 0.3) is 0 Å². The van der Waals surface area contributed by atoms with Crippen LogP contribution in [0.2, 0.25) is 0 Å². The smallest absolute Gasteiger partial charge is 0.226 e. The van der Waals surface area contributed by atoms with Gasteiger partial charge in [0.2, 0.25) is 11.0 Å². The first kappa shape index (κ1) is 19.3. The summed E-state index contributed by atoms with van der Waals surface area (Å²) in [5.74, 6) is 2.84. The van der Waals surface area contributed by atoms with Gasteiger partial charge in [0.05, 0.1) is 19.9 Å². The minimum absolute atomic E-state index is 0.586. The molecule has 0 aliphatic heterocycles. The molecule has 0 radical (unpaired) electrons. The van der Waals surface area contributed by atoms with Crippen molar-refractivity contribution in [2.75, 3.05) is 19.5 Å². The van der Waals surface area contributed by atoms with Crippen molar-refractivity contribution in [1.29, 1.82) is 0 Å². The fourth-order valence-corrected chi connectivity index (χ4v) is 4.14. The van der Waals surface area contributed by atoms with Gasteiger partial charge in [-0.3, -0.25) is 0 Å². The monoisotopic (exact) mass is 426 g/mol. The van der Waals surface area contributed by atoms with Gasteiger partial charge < -0.3 is 19.2 Å². The predicted molar refractivity (Wildman–Crippen MR) is 114 cm³/mol.